The van der Waals surface area contributed by atoms with E-state index in [1.165, 1.54) is 12.3 Å². The average molecular weight is 234 g/mol. The molecule has 1 unspecified atom stereocenters. The van der Waals surface area contributed by atoms with Crippen LogP contribution in [0, 0.1) is 11.3 Å². The van der Waals surface area contributed by atoms with Gasteiger partial charge in [0.2, 0.25) is 0 Å². The number of nitrogens with zero attached hydrogens (tertiary/aromatic N) is 2. The van der Waals surface area contributed by atoms with Gasteiger partial charge in [-0.15, -0.1) is 0 Å². The Morgan fingerprint density at radius 2 is 2.29 bits per heavy atom. The summed E-state index contributed by atoms with van der Waals surface area (Å²) in [6.45, 7) is 3.90. The maximum Gasteiger partial charge on any atom is 0.347 e. The molecule has 0 aromatic carbocycles. The highest BCUT2D eigenvalue weighted by molar-refractivity contribution is 5.75. The molecule has 90 valence electrons. The van der Waals surface area contributed by atoms with Crippen LogP contribution in [-0.2, 0) is 9.53 Å². The minimum Gasteiger partial charge on any atom is -0.477 e. The van der Waals surface area contributed by atoms with Gasteiger partial charge in [0.15, 0.2) is 6.10 Å². The second-order valence-electron chi connectivity index (χ2n) is 3.26. The second-order valence-corrected chi connectivity index (χ2v) is 3.26. The Morgan fingerprint density at radius 1 is 1.53 bits per heavy atom. The number of pyridine rings is 1. The average Bonchev–Trinajstić information content (AvgIpc) is 2.37. The first-order chi connectivity index (χ1) is 8.21. The van der Waals surface area contributed by atoms with Crippen LogP contribution in [-0.4, -0.2) is 23.7 Å². The SMILES string of the molecule is CCOC(=O)C(CC)Oc1ccc(C#N)nc1. The lowest BCUT2D eigenvalue weighted by Gasteiger charge is -2.15. The van der Waals surface area contributed by atoms with Gasteiger partial charge in [-0.05, 0) is 25.5 Å². The third kappa shape index (κ3) is 3.76. The molecule has 0 fully saturated rings. The molecule has 17 heavy (non-hydrogen) atoms. The van der Waals surface area contributed by atoms with Crippen LogP contribution in [0.5, 0.6) is 5.75 Å². The fourth-order valence-corrected chi connectivity index (χ4v) is 1.21. The third-order valence-corrected chi connectivity index (χ3v) is 2.05. The molecule has 5 nitrogen and oxygen atoms in total. The Bertz CT molecular complexity index is 409. The summed E-state index contributed by atoms with van der Waals surface area (Å²) in [6, 6.07) is 5.05. The van der Waals surface area contributed by atoms with Gasteiger partial charge in [-0.2, -0.15) is 5.26 Å². The number of carbonyl (C=O) groups is 1. The molecule has 0 saturated carbocycles. The first kappa shape index (κ1) is 13.0. The summed E-state index contributed by atoms with van der Waals surface area (Å²) in [4.78, 5) is 15.3. The monoisotopic (exact) mass is 234 g/mol. The molecule has 1 aromatic rings. The topological polar surface area (TPSA) is 72.2 Å². The van der Waals surface area contributed by atoms with Crippen molar-refractivity contribution in [1.29, 1.82) is 5.26 Å². The molecule has 1 rings (SSSR count). The summed E-state index contributed by atoms with van der Waals surface area (Å²) in [6.07, 6.45) is 1.30. The number of esters is 1. The Hall–Kier alpha value is -2.09. The van der Waals surface area contributed by atoms with E-state index < -0.39 is 6.10 Å². The van der Waals surface area contributed by atoms with Gasteiger partial charge in [-0.1, -0.05) is 6.92 Å². The highest BCUT2D eigenvalue weighted by Gasteiger charge is 2.19. The zero-order valence-electron chi connectivity index (χ0n) is 9.84. The third-order valence-electron chi connectivity index (χ3n) is 2.05. The van der Waals surface area contributed by atoms with Crippen molar-refractivity contribution in [2.24, 2.45) is 0 Å². The molecule has 5 heteroatoms. The van der Waals surface area contributed by atoms with Gasteiger partial charge in [0, 0.05) is 0 Å². The molecule has 0 aliphatic carbocycles. The maximum absolute atomic E-state index is 11.5. The fourth-order valence-electron chi connectivity index (χ4n) is 1.21. The predicted molar refractivity (Wildman–Crippen MR) is 60.3 cm³/mol. The number of hydrogen-bond donors (Lipinski definition) is 0. The van der Waals surface area contributed by atoms with Crippen LogP contribution in [0.4, 0.5) is 0 Å². The molecular formula is C12H14N2O3. The van der Waals surface area contributed by atoms with Crippen molar-refractivity contribution >= 4 is 5.97 Å². The maximum atomic E-state index is 11.5. The largest absolute Gasteiger partial charge is 0.477 e. The Morgan fingerprint density at radius 3 is 2.76 bits per heavy atom. The Labute approximate surface area is 100.0 Å². The van der Waals surface area contributed by atoms with Crippen LogP contribution in [0.3, 0.4) is 0 Å². The zero-order chi connectivity index (χ0) is 12.7. The van der Waals surface area contributed by atoms with E-state index in [-0.39, 0.29) is 5.97 Å². The highest BCUT2D eigenvalue weighted by Crippen LogP contribution is 2.13. The number of hydrogen-bond acceptors (Lipinski definition) is 5. The molecule has 0 radical (unpaired) electrons. The molecule has 0 amide bonds. The Kier molecular flexibility index (Phi) is 4.95. The van der Waals surface area contributed by atoms with E-state index in [9.17, 15) is 4.79 Å². The van der Waals surface area contributed by atoms with E-state index in [4.69, 9.17) is 14.7 Å². The summed E-state index contributed by atoms with van der Waals surface area (Å²) < 4.78 is 10.3. The standard InChI is InChI=1S/C12H14N2O3/c1-3-11(12(15)16-4-2)17-10-6-5-9(7-13)14-8-10/h5-6,8,11H,3-4H2,1-2H3. The van der Waals surface area contributed by atoms with Crippen LogP contribution in [0.15, 0.2) is 18.3 Å². The molecule has 0 aliphatic heterocycles. The van der Waals surface area contributed by atoms with Crippen molar-refractivity contribution in [2.75, 3.05) is 6.61 Å². The second kappa shape index (κ2) is 6.48. The quantitative estimate of drug-likeness (QED) is 0.724. The van der Waals surface area contributed by atoms with Gasteiger partial charge in [0.1, 0.15) is 17.5 Å². The van der Waals surface area contributed by atoms with E-state index in [0.717, 1.165) is 0 Å². The van der Waals surface area contributed by atoms with E-state index in [2.05, 4.69) is 4.98 Å². The van der Waals surface area contributed by atoms with Crippen molar-refractivity contribution in [3.63, 3.8) is 0 Å². The normalized spacial score (nSPS) is 11.4. The predicted octanol–water partition coefficient (Wildman–Crippen LogP) is 1.67. The zero-order valence-corrected chi connectivity index (χ0v) is 9.84. The first-order valence-corrected chi connectivity index (χ1v) is 5.40. The van der Waals surface area contributed by atoms with Gasteiger partial charge in [0.05, 0.1) is 12.8 Å². The molecule has 0 aliphatic rings. The summed E-state index contributed by atoms with van der Waals surface area (Å²) >= 11 is 0. The first-order valence-electron chi connectivity index (χ1n) is 5.40. The number of carbonyl (C=O) groups excluding carboxylic acids is 1. The minimum atomic E-state index is -0.635. The molecule has 0 bridgehead atoms. The van der Waals surface area contributed by atoms with Crippen LogP contribution >= 0.6 is 0 Å². The van der Waals surface area contributed by atoms with Crippen LogP contribution < -0.4 is 4.74 Å². The molecule has 0 saturated heterocycles. The van der Waals surface area contributed by atoms with Crippen LogP contribution in [0.25, 0.3) is 0 Å². The summed E-state index contributed by atoms with van der Waals surface area (Å²) in [5.74, 6) is 0.0586. The van der Waals surface area contributed by atoms with Gasteiger partial charge in [-0.3, -0.25) is 0 Å². The summed E-state index contributed by atoms with van der Waals surface area (Å²) in [7, 11) is 0. The number of nitriles is 1. The summed E-state index contributed by atoms with van der Waals surface area (Å²) in [5, 5.41) is 8.59. The van der Waals surface area contributed by atoms with Crippen molar-refractivity contribution < 1.29 is 14.3 Å². The summed E-state index contributed by atoms with van der Waals surface area (Å²) in [5.41, 5.74) is 0.307. The lowest BCUT2D eigenvalue weighted by atomic mass is 10.3. The molecule has 1 aromatic heterocycles. The molecule has 1 heterocycles. The molecule has 0 spiro atoms. The lowest BCUT2D eigenvalue weighted by molar-refractivity contribution is -0.151. The van der Waals surface area contributed by atoms with Crippen molar-refractivity contribution in [3.05, 3.63) is 24.0 Å². The smallest absolute Gasteiger partial charge is 0.347 e. The van der Waals surface area contributed by atoms with Crippen molar-refractivity contribution in [3.8, 4) is 11.8 Å². The fraction of sp³-hybridized carbons (Fsp3) is 0.417. The molecule has 0 N–H and O–H groups in total. The van der Waals surface area contributed by atoms with Crippen LogP contribution in [0.2, 0.25) is 0 Å². The van der Waals surface area contributed by atoms with Gasteiger partial charge in [-0.25, -0.2) is 9.78 Å². The van der Waals surface area contributed by atoms with Crippen LogP contribution in [0.1, 0.15) is 26.0 Å². The highest BCUT2D eigenvalue weighted by atomic mass is 16.6. The number of ether oxygens (including phenoxy) is 2. The Balaban J connectivity index is 2.67. The number of rotatable bonds is 5. The van der Waals surface area contributed by atoms with Crippen molar-refractivity contribution in [1.82, 2.24) is 4.98 Å². The van der Waals surface area contributed by atoms with Gasteiger partial charge < -0.3 is 9.47 Å². The van der Waals surface area contributed by atoms with E-state index >= 15 is 0 Å². The molecule has 1 atom stereocenters. The van der Waals surface area contributed by atoms with Gasteiger partial charge >= 0.3 is 5.97 Å². The van der Waals surface area contributed by atoms with Gasteiger partial charge in [0.25, 0.3) is 0 Å². The lowest BCUT2D eigenvalue weighted by Crippen LogP contribution is -2.28. The molecular weight excluding hydrogens is 220 g/mol. The van der Waals surface area contributed by atoms with E-state index in [1.807, 2.05) is 13.0 Å². The van der Waals surface area contributed by atoms with Crippen molar-refractivity contribution in [2.45, 2.75) is 26.4 Å². The van der Waals surface area contributed by atoms with E-state index in [1.54, 1.807) is 13.0 Å². The van der Waals surface area contributed by atoms with E-state index in [0.29, 0.717) is 24.5 Å². The number of aromatic nitrogens is 1. The minimum absolute atomic E-state index is 0.307.